The van der Waals surface area contributed by atoms with Crippen LogP contribution in [0.4, 0.5) is 0 Å². The highest BCUT2D eigenvalue weighted by molar-refractivity contribution is 9.10. The van der Waals surface area contributed by atoms with E-state index in [0.717, 1.165) is 24.2 Å². The van der Waals surface area contributed by atoms with Crippen molar-refractivity contribution in [3.05, 3.63) is 23.5 Å². The molecule has 24 heavy (non-hydrogen) atoms. The Labute approximate surface area is 147 Å². The molecular formula is C18H17BrO5. The Morgan fingerprint density at radius 2 is 1.92 bits per heavy atom. The van der Waals surface area contributed by atoms with Gasteiger partial charge in [0, 0.05) is 42.1 Å². The predicted molar refractivity (Wildman–Crippen MR) is 85.2 cm³/mol. The summed E-state index contributed by atoms with van der Waals surface area (Å²) >= 11 is 3.90. The van der Waals surface area contributed by atoms with Gasteiger partial charge in [0.25, 0.3) is 0 Å². The molecule has 0 aromatic heterocycles. The van der Waals surface area contributed by atoms with Gasteiger partial charge >= 0.3 is 0 Å². The second-order valence-corrected chi connectivity index (χ2v) is 8.96. The molecule has 6 aliphatic rings. The molecular weight excluding hydrogens is 376 g/mol. The van der Waals surface area contributed by atoms with Crippen LogP contribution < -0.4 is 0 Å². The number of hydrogen-bond acceptors (Lipinski definition) is 5. The van der Waals surface area contributed by atoms with Crippen molar-refractivity contribution in [2.75, 3.05) is 13.2 Å². The predicted octanol–water partition coefficient (Wildman–Crippen LogP) is 1.90. The molecule has 1 spiro atoms. The third-order valence-electron chi connectivity index (χ3n) is 6.83. The van der Waals surface area contributed by atoms with E-state index in [1.807, 2.05) is 0 Å². The van der Waals surface area contributed by atoms with E-state index in [9.17, 15) is 9.59 Å². The molecule has 2 heterocycles. The molecule has 6 heteroatoms. The van der Waals surface area contributed by atoms with Crippen LogP contribution in [0.15, 0.2) is 23.5 Å². The molecule has 6 atom stereocenters. The van der Waals surface area contributed by atoms with Crippen LogP contribution in [0.25, 0.3) is 0 Å². The van der Waals surface area contributed by atoms with Gasteiger partial charge in [-0.2, -0.15) is 0 Å². The van der Waals surface area contributed by atoms with Gasteiger partial charge in [-0.3, -0.25) is 9.59 Å². The van der Waals surface area contributed by atoms with E-state index in [2.05, 4.69) is 28.1 Å². The summed E-state index contributed by atoms with van der Waals surface area (Å²) in [4.78, 5) is 25.8. The van der Waals surface area contributed by atoms with Crippen LogP contribution in [0.1, 0.15) is 19.3 Å². The molecule has 2 aliphatic heterocycles. The number of allylic oxidation sites excluding steroid dienone is 1. The summed E-state index contributed by atoms with van der Waals surface area (Å²) in [5, 5.41) is 0. The normalized spacial score (nSPS) is 49.8. The number of fused-ring (bicyclic) bond motifs is 6. The average Bonchev–Trinajstić information content (AvgIpc) is 3.31. The van der Waals surface area contributed by atoms with Gasteiger partial charge in [-0.15, -0.1) is 0 Å². The molecule has 6 rings (SSSR count). The molecule has 0 aromatic rings. The fraction of sp³-hybridized carbons (Fsp3) is 0.667. The topological polar surface area (TPSA) is 61.8 Å². The van der Waals surface area contributed by atoms with Crippen molar-refractivity contribution in [3.63, 3.8) is 0 Å². The van der Waals surface area contributed by atoms with Gasteiger partial charge in [0.15, 0.2) is 23.5 Å². The molecule has 0 amide bonds. The lowest BCUT2D eigenvalue weighted by molar-refractivity contribution is -0.181. The van der Waals surface area contributed by atoms with Crippen molar-refractivity contribution in [1.82, 2.24) is 0 Å². The largest absolute Gasteiger partial charge is 0.486 e. The molecule has 2 saturated carbocycles. The lowest BCUT2D eigenvalue weighted by atomic mass is 9.75. The van der Waals surface area contributed by atoms with Crippen LogP contribution in [0, 0.1) is 23.7 Å². The van der Waals surface area contributed by atoms with E-state index in [4.69, 9.17) is 14.2 Å². The van der Waals surface area contributed by atoms with Gasteiger partial charge in [-0.25, -0.2) is 0 Å². The summed E-state index contributed by atoms with van der Waals surface area (Å²) < 4.78 is 17.6. The van der Waals surface area contributed by atoms with E-state index in [0.29, 0.717) is 19.6 Å². The third-order valence-corrected chi connectivity index (χ3v) is 8.17. The fourth-order valence-electron chi connectivity index (χ4n) is 6.11. The summed E-state index contributed by atoms with van der Waals surface area (Å²) in [6.07, 6.45) is 5.79. The van der Waals surface area contributed by atoms with E-state index >= 15 is 0 Å². The van der Waals surface area contributed by atoms with Gasteiger partial charge in [0.1, 0.15) is 10.1 Å². The van der Waals surface area contributed by atoms with Gasteiger partial charge in [0.05, 0.1) is 13.2 Å². The summed E-state index contributed by atoms with van der Waals surface area (Å²) in [6.45, 7) is 1.08. The molecule has 126 valence electrons. The lowest BCUT2D eigenvalue weighted by Crippen LogP contribution is -2.50. The minimum absolute atomic E-state index is 0.0438. The van der Waals surface area contributed by atoms with Crippen molar-refractivity contribution in [3.8, 4) is 0 Å². The number of ketones is 2. The second kappa shape index (κ2) is 4.22. The Morgan fingerprint density at radius 1 is 1.12 bits per heavy atom. The van der Waals surface area contributed by atoms with E-state index in [1.54, 1.807) is 0 Å². The monoisotopic (exact) mass is 392 g/mol. The number of carbonyl (C=O) groups is 2. The molecule has 0 aromatic carbocycles. The van der Waals surface area contributed by atoms with Crippen molar-refractivity contribution in [1.29, 1.82) is 0 Å². The van der Waals surface area contributed by atoms with Crippen LogP contribution in [0.5, 0.6) is 0 Å². The summed E-state index contributed by atoms with van der Waals surface area (Å²) in [5.74, 6) is -0.284. The minimum atomic E-state index is -0.802. The highest BCUT2D eigenvalue weighted by Gasteiger charge is 2.80. The highest BCUT2D eigenvalue weighted by Crippen LogP contribution is 2.71. The first kappa shape index (κ1) is 14.2. The standard InChI is InChI=1S/C18H17BrO5/c19-17-5-4-8(18(17)22-6-7-23-18)11-14(17)13-12-9(20)2-1-3-10(12)24-16(13)15(11)21/h4-5,8,11,13-14,16H,1-3,6-7H2/t8-,11+,13+,14-,16+,17-/m0/s1. The maximum absolute atomic E-state index is 13.2. The van der Waals surface area contributed by atoms with Crippen molar-refractivity contribution in [2.45, 2.75) is 35.5 Å². The molecule has 5 nitrogen and oxygen atoms in total. The van der Waals surface area contributed by atoms with Gasteiger partial charge in [-0.05, 0) is 6.42 Å². The SMILES string of the molecule is O=C1CCCC2=C1[C@@H]1[C@@H]3[C@H](C(=O)[C@@H]1O2)[C@@H]1C=C[C@@]3(Br)C12OCCO2. The Kier molecular flexibility index (Phi) is 2.50. The Hall–Kier alpha value is -0.980. The second-order valence-electron chi connectivity index (χ2n) is 7.65. The maximum Gasteiger partial charge on any atom is 0.194 e. The summed E-state index contributed by atoms with van der Waals surface area (Å²) in [5.41, 5.74) is 0.778. The van der Waals surface area contributed by atoms with Crippen LogP contribution >= 0.6 is 15.9 Å². The lowest BCUT2D eigenvalue weighted by Gasteiger charge is -2.38. The Balaban J connectivity index is 1.53. The van der Waals surface area contributed by atoms with Crippen LogP contribution in [-0.4, -0.2) is 41.0 Å². The van der Waals surface area contributed by atoms with Crippen molar-refractivity contribution in [2.24, 2.45) is 23.7 Å². The third kappa shape index (κ3) is 1.28. The quantitative estimate of drug-likeness (QED) is 0.465. The number of hydrogen-bond donors (Lipinski definition) is 0. The van der Waals surface area contributed by atoms with Gasteiger partial charge in [-0.1, -0.05) is 28.1 Å². The zero-order chi connectivity index (χ0) is 16.3. The summed E-state index contributed by atoms with van der Waals surface area (Å²) in [6, 6.07) is 0. The van der Waals surface area contributed by atoms with Crippen LogP contribution in [-0.2, 0) is 23.8 Å². The molecule has 0 radical (unpaired) electrons. The highest BCUT2D eigenvalue weighted by atomic mass is 79.9. The van der Waals surface area contributed by atoms with Crippen LogP contribution in [0.2, 0.25) is 0 Å². The Morgan fingerprint density at radius 3 is 2.71 bits per heavy atom. The first-order valence-electron chi connectivity index (χ1n) is 8.71. The average molecular weight is 393 g/mol. The number of carbonyl (C=O) groups excluding carboxylic acids is 2. The first-order chi connectivity index (χ1) is 11.6. The smallest absolute Gasteiger partial charge is 0.194 e. The fourth-order valence-corrected chi connectivity index (χ4v) is 7.32. The van der Waals surface area contributed by atoms with Crippen LogP contribution in [0.3, 0.4) is 0 Å². The number of alkyl halides is 1. The first-order valence-corrected chi connectivity index (χ1v) is 9.50. The number of rotatable bonds is 0. The minimum Gasteiger partial charge on any atom is -0.486 e. The molecule has 0 N–H and O–H groups in total. The van der Waals surface area contributed by atoms with Gasteiger partial charge < -0.3 is 14.2 Å². The van der Waals surface area contributed by atoms with E-state index in [-0.39, 0.29) is 35.2 Å². The van der Waals surface area contributed by atoms with Gasteiger partial charge in [0.2, 0.25) is 0 Å². The Bertz CT molecular complexity index is 749. The molecule has 1 saturated heterocycles. The molecule has 4 aliphatic carbocycles. The number of Topliss-reactive ketones (excluding diaryl/α,β-unsaturated/α-hetero) is 2. The zero-order valence-electron chi connectivity index (χ0n) is 13.0. The number of halogens is 1. The van der Waals surface area contributed by atoms with Crippen molar-refractivity contribution >= 4 is 27.5 Å². The maximum atomic E-state index is 13.2. The van der Waals surface area contributed by atoms with E-state index in [1.165, 1.54) is 0 Å². The molecule has 0 unspecified atom stereocenters. The number of ether oxygens (including phenoxy) is 3. The van der Waals surface area contributed by atoms with E-state index < -0.39 is 16.2 Å². The molecule has 2 bridgehead atoms. The summed E-state index contributed by atoms with van der Waals surface area (Å²) in [7, 11) is 0. The zero-order valence-corrected chi connectivity index (χ0v) is 14.6. The molecule has 3 fully saturated rings. The van der Waals surface area contributed by atoms with Crippen molar-refractivity contribution < 1.29 is 23.8 Å².